The fourth-order valence-electron chi connectivity index (χ4n) is 2.29. The van der Waals surface area contributed by atoms with Crippen LogP contribution in [0, 0.1) is 0 Å². The van der Waals surface area contributed by atoms with Crippen LogP contribution in [-0.2, 0) is 0 Å². The lowest BCUT2D eigenvalue weighted by Gasteiger charge is -2.03. The summed E-state index contributed by atoms with van der Waals surface area (Å²) in [4.78, 5) is 15.2. The van der Waals surface area contributed by atoms with E-state index in [4.69, 9.17) is 4.74 Å². The van der Waals surface area contributed by atoms with E-state index in [1.807, 2.05) is 37.4 Å². The summed E-state index contributed by atoms with van der Waals surface area (Å²) in [6, 6.07) is 14.9. The number of hydrogen-bond donors (Lipinski definition) is 2. The van der Waals surface area contributed by atoms with Crippen molar-refractivity contribution in [3.63, 3.8) is 0 Å². The van der Waals surface area contributed by atoms with E-state index in [1.165, 1.54) is 0 Å². The largest absolute Gasteiger partial charge is 0.494 e. The molecule has 23 heavy (non-hydrogen) atoms. The number of nitrogens with zero attached hydrogens (tertiary/aromatic N) is 1. The molecular weight excluding hydrogens is 290 g/mol. The van der Waals surface area contributed by atoms with E-state index in [9.17, 15) is 4.79 Å². The number of nitrogens with one attached hydrogen (secondary N) is 2. The predicted molar refractivity (Wildman–Crippen MR) is 91.0 cm³/mol. The van der Waals surface area contributed by atoms with Gasteiger partial charge in [-0.3, -0.25) is 4.79 Å². The molecule has 1 heterocycles. The minimum Gasteiger partial charge on any atom is -0.494 e. The summed E-state index contributed by atoms with van der Waals surface area (Å²) in [5.74, 6) is 0.482. The summed E-state index contributed by atoms with van der Waals surface area (Å²) < 4.78 is 5.35. The highest BCUT2D eigenvalue weighted by molar-refractivity contribution is 6.00. The normalized spacial score (nSPS) is 11.0. The van der Waals surface area contributed by atoms with Crippen molar-refractivity contribution in [3.8, 4) is 5.75 Å². The van der Waals surface area contributed by atoms with Crippen LogP contribution in [0.1, 0.15) is 22.8 Å². The summed E-state index contributed by atoms with van der Waals surface area (Å²) in [7, 11) is 0. The third kappa shape index (κ3) is 3.40. The minimum absolute atomic E-state index is 0.260. The summed E-state index contributed by atoms with van der Waals surface area (Å²) >= 11 is 0. The van der Waals surface area contributed by atoms with Gasteiger partial charge in [-0.25, -0.2) is 5.43 Å². The van der Waals surface area contributed by atoms with Crippen molar-refractivity contribution >= 4 is 23.0 Å². The summed E-state index contributed by atoms with van der Waals surface area (Å²) in [6.07, 6.45) is 3.49. The predicted octanol–water partition coefficient (Wildman–Crippen LogP) is 3.33. The first-order valence-electron chi connectivity index (χ1n) is 7.40. The van der Waals surface area contributed by atoms with Crippen molar-refractivity contribution in [2.45, 2.75) is 6.92 Å². The van der Waals surface area contributed by atoms with Gasteiger partial charge in [0.2, 0.25) is 0 Å². The zero-order valence-corrected chi connectivity index (χ0v) is 12.7. The lowest BCUT2D eigenvalue weighted by atomic mass is 10.2. The molecule has 0 radical (unpaired) electrons. The van der Waals surface area contributed by atoms with Crippen molar-refractivity contribution in [2.24, 2.45) is 5.10 Å². The molecule has 0 atom stereocenters. The van der Waals surface area contributed by atoms with E-state index in [0.29, 0.717) is 12.2 Å². The first-order chi connectivity index (χ1) is 11.3. The maximum atomic E-state index is 12.0. The van der Waals surface area contributed by atoms with Gasteiger partial charge >= 0.3 is 0 Å². The molecule has 0 aliphatic carbocycles. The van der Waals surface area contributed by atoms with Gasteiger partial charge in [0.05, 0.1) is 12.8 Å². The Kier molecular flexibility index (Phi) is 4.38. The van der Waals surface area contributed by atoms with Gasteiger partial charge in [-0.1, -0.05) is 18.2 Å². The molecule has 3 aromatic rings. The fourth-order valence-corrected chi connectivity index (χ4v) is 2.29. The van der Waals surface area contributed by atoms with Crippen molar-refractivity contribution in [2.75, 3.05) is 6.61 Å². The van der Waals surface area contributed by atoms with E-state index < -0.39 is 0 Å². The van der Waals surface area contributed by atoms with Gasteiger partial charge in [0.25, 0.3) is 5.91 Å². The number of para-hydroxylation sites is 1. The molecule has 1 aromatic heterocycles. The van der Waals surface area contributed by atoms with E-state index in [-0.39, 0.29) is 5.91 Å². The smallest absolute Gasteiger partial charge is 0.271 e. The molecular formula is C18H17N3O2. The molecule has 0 aliphatic heterocycles. The molecule has 5 nitrogen and oxygen atoms in total. The van der Waals surface area contributed by atoms with E-state index in [2.05, 4.69) is 15.5 Å². The fraction of sp³-hybridized carbons (Fsp3) is 0.111. The number of H-pyrrole nitrogens is 1. The van der Waals surface area contributed by atoms with Gasteiger partial charge in [-0.05, 0) is 37.3 Å². The third-order valence-electron chi connectivity index (χ3n) is 3.42. The topological polar surface area (TPSA) is 66.5 Å². The number of hydrogen-bond acceptors (Lipinski definition) is 3. The first kappa shape index (κ1) is 14.8. The van der Waals surface area contributed by atoms with Crippen molar-refractivity contribution in [1.29, 1.82) is 0 Å². The van der Waals surface area contributed by atoms with Gasteiger partial charge in [-0.15, -0.1) is 0 Å². The molecule has 116 valence electrons. The molecule has 2 N–H and O–H groups in total. The van der Waals surface area contributed by atoms with Crippen molar-refractivity contribution < 1.29 is 9.53 Å². The Morgan fingerprint density at radius 3 is 2.78 bits per heavy atom. The molecule has 0 aliphatic rings. The van der Waals surface area contributed by atoms with Crippen LogP contribution >= 0.6 is 0 Å². The maximum Gasteiger partial charge on any atom is 0.271 e. The second-order valence-electron chi connectivity index (χ2n) is 4.95. The highest BCUT2D eigenvalue weighted by Crippen LogP contribution is 2.15. The highest BCUT2D eigenvalue weighted by atomic mass is 16.5. The number of carbonyl (C=O) groups is 1. The molecule has 3 rings (SSSR count). The highest BCUT2D eigenvalue weighted by Gasteiger charge is 2.04. The molecule has 0 unspecified atom stereocenters. The monoisotopic (exact) mass is 307 g/mol. The number of amides is 1. The van der Waals surface area contributed by atoms with Crippen LogP contribution in [0.4, 0.5) is 0 Å². The Balaban J connectivity index is 1.66. The number of benzene rings is 2. The van der Waals surface area contributed by atoms with Crippen LogP contribution in [0.15, 0.2) is 59.8 Å². The van der Waals surface area contributed by atoms with Crippen LogP contribution < -0.4 is 10.2 Å². The van der Waals surface area contributed by atoms with Crippen LogP contribution in [0.3, 0.4) is 0 Å². The third-order valence-corrected chi connectivity index (χ3v) is 3.42. The molecule has 2 aromatic carbocycles. The number of rotatable bonds is 5. The zero-order valence-electron chi connectivity index (χ0n) is 12.7. The molecule has 0 fully saturated rings. The Morgan fingerprint density at radius 1 is 1.22 bits per heavy atom. The van der Waals surface area contributed by atoms with Crippen molar-refractivity contribution in [3.05, 3.63) is 65.9 Å². The molecule has 0 saturated carbocycles. The van der Waals surface area contributed by atoms with Crippen LogP contribution in [0.2, 0.25) is 0 Å². The van der Waals surface area contributed by atoms with Gasteiger partial charge in [0.1, 0.15) is 5.75 Å². The van der Waals surface area contributed by atoms with Crippen LogP contribution in [-0.4, -0.2) is 23.7 Å². The molecule has 5 heteroatoms. The lowest BCUT2D eigenvalue weighted by molar-refractivity contribution is 0.0955. The number of hydrazone groups is 1. The Hall–Kier alpha value is -3.08. The van der Waals surface area contributed by atoms with Crippen molar-refractivity contribution in [1.82, 2.24) is 10.4 Å². The molecule has 0 bridgehead atoms. The Morgan fingerprint density at radius 2 is 2.00 bits per heavy atom. The summed E-state index contributed by atoms with van der Waals surface area (Å²) in [6.45, 7) is 2.51. The quantitative estimate of drug-likeness (QED) is 0.561. The number of fused-ring (bicyclic) bond motifs is 1. The van der Waals surface area contributed by atoms with Crippen LogP contribution in [0.5, 0.6) is 5.75 Å². The number of ether oxygens (including phenoxy) is 1. The molecule has 0 spiro atoms. The van der Waals surface area contributed by atoms with Crippen LogP contribution in [0.25, 0.3) is 10.9 Å². The van der Waals surface area contributed by atoms with Gasteiger partial charge < -0.3 is 9.72 Å². The first-order valence-corrected chi connectivity index (χ1v) is 7.40. The molecule has 0 saturated heterocycles. The minimum atomic E-state index is -0.260. The SMILES string of the molecule is CCOc1ccc(C(=O)NN=Cc2c[nH]c3ccccc23)cc1. The second-order valence-corrected chi connectivity index (χ2v) is 4.95. The number of aromatic amines is 1. The number of aromatic nitrogens is 1. The second kappa shape index (κ2) is 6.79. The maximum absolute atomic E-state index is 12.0. The van der Waals surface area contributed by atoms with Gasteiger partial charge in [0, 0.05) is 28.2 Å². The summed E-state index contributed by atoms with van der Waals surface area (Å²) in [5.41, 5.74) is 5.02. The Labute approximate surface area is 134 Å². The molecule has 1 amide bonds. The lowest BCUT2D eigenvalue weighted by Crippen LogP contribution is -2.17. The standard InChI is InChI=1S/C18H17N3O2/c1-2-23-15-9-7-13(8-10-15)18(22)21-20-12-14-11-19-17-6-4-3-5-16(14)17/h3-12,19H,2H2,1H3,(H,21,22). The number of carbonyl (C=O) groups excluding carboxylic acids is 1. The van der Waals surface area contributed by atoms with Gasteiger partial charge in [0.15, 0.2) is 0 Å². The average Bonchev–Trinajstić information content (AvgIpc) is 2.99. The van der Waals surface area contributed by atoms with Gasteiger partial charge in [-0.2, -0.15) is 5.10 Å². The van der Waals surface area contributed by atoms with E-state index >= 15 is 0 Å². The zero-order chi connectivity index (χ0) is 16.1. The Bertz CT molecular complexity index is 835. The van der Waals surface area contributed by atoms with E-state index in [1.54, 1.807) is 30.5 Å². The van der Waals surface area contributed by atoms with E-state index in [0.717, 1.165) is 22.2 Å². The summed E-state index contributed by atoms with van der Waals surface area (Å²) in [5, 5.41) is 5.08. The average molecular weight is 307 g/mol.